The maximum Gasteiger partial charge on any atom is 0.337 e. The fourth-order valence-electron chi connectivity index (χ4n) is 2.27. The van der Waals surface area contributed by atoms with E-state index in [-0.39, 0.29) is 5.56 Å². The van der Waals surface area contributed by atoms with E-state index >= 15 is 0 Å². The van der Waals surface area contributed by atoms with Gasteiger partial charge in [0.25, 0.3) is 0 Å². The number of aromatic carboxylic acids is 1. The molecule has 7 nitrogen and oxygen atoms in total. The SMILES string of the molecule is Cc1nc2c(C(=O)O)cccc2n1CCn1ccnn1. The molecule has 0 fully saturated rings. The molecule has 0 radical (unpaired) electrons. The molecule has 0 amide bonds. The van der Waals surface area contributed by atoms with Crippen LogP contribution in [0.25, 0.3) is 11.0 Å². The summed E-state index contributed by atoms with van der Waals surface area (Å²) < 4.78 is 3.72. The highest BCUT2D eigenvalue weighted by atomic mass is 16.4. The van der Waals surface area contributed by atoms with Gasteiger partial charge >= 0.3 is 5.97 Å². The summed E-state index contributed by atoms with van der Waals surface area (Å²) in [6.45, 7) is 3.19. The predicted octanol–water partition coefficient (Wildman–Crippen LogP) is 1.33. The highest BCUT2D eigenvalue weighted by Gasteiger charge is 2.14. The number of benzene rings is 1. The number of hydrogen-bond donors (Lipinski definition) is 1. The summed E-state index contributed by atoms with van der Waals surface area (Å²) in [5.74, 6) is -0.176. The van der Waals surface area contributed by atoms with Gasteiger partial charge in [-0.2, -0.15) is 0 Å². The van der Waals surface area contributed by atoms with Crippen molar-refractivity contribution in [2.24, 2.45) is 0 Å². The molecule has 2 aromatic heterocycles. The summed E-state index contributed by atoms with van der Waals surface area (Å²) in [6, 6.07) is 5.18. The molecule has 3 aromatic rings. The minimum absolute atomic E-state index is 0.227. The Morgan fingerprint density at radius 3 is 2.90 bits per heavy atom. The summed E-state index contributed by atoms with van der Waals surface area (Å²) in [6.07, 6.45) is 3.42. The van der Waals surface area contributed by atoms with Crippen molar-refractivity contribution >= 4 is 17.0 Å². The van der Waals surface area contributed by atoms with Crippen molar-refractivity contribution in [2.75, 3.05) is 0 Å². The molecule has 0 saturated carbocycles. The van der Waals surface area contributed by atoms with Gasteiger partial charge in [0, 0.05) is 12.7 Å². The van der Waals surface area contributed by atoms with Gasteiger partial charge in [-0.05, 0) is 19.1 Å². The molecule has 0 aliphatic rings. The largest absolute Gasteiger partial charge is 0.478 e. The van der Waals surface area contributed by atoms with Gasteiger partial charge in [-0.25, -0.2) is 9.78 Å². The molecule has 0 saturated heterocycles. The van der Waals surface area contributed by atoms with Crippen LogP contribution in [0.2, 0.25) is 0 Å². The van der Waals surface area contributed by atoms with Crippen LogP contribution in [-0.4, -0.2) is 35.6 Å². The molecule has 2 heterocycles. The lowest BCUT2D eigenvalue weighted by molar-refractivity contribution is 0.0699. The number of para-hydroxylation sites is 1. The standard InChI is InChI=1S/C13H13N5O2/c1-9-15-12-10(13(19)20)3-2-4-11(12)18(9)8-7-17-6-5-14-16-17/h2-6H,7-8H2,1H3,(H,19,20). The van der Waals surface area contributed by atoms with Gasteiger partial charge in [0.15, 0.2) is 0 Å². The monoisotopic (exact) mass is 271 g/mol. The molecule has 0 spiro atoms. The molecule has 0 atom stereocenters. The average molecular weight is 271 g/mol. The lowest BCUT2D eigenvalue weighted by atomic mass is 10.2. The third-order valence-electron chi connectivity index (χ3n) is 3.22. The van der Waals surface area contributed by atoms with Gasteiger partial charge in [-0.3, -0.25) is 4.68 Å². The molecule has 3 rings (SSSR count). The Hall–Kier alpha value is -2.70. The van der Waals surface area contributed by atoms with Gasteiger partial charge in [0.1, 0.15) is 11.3 Å². The van der Waals surface area contributed by atoms with E-state index in [2.05, 4.69) is 15.3 Å². The predicted molar refractivity (Wildman–Crippen MR) is 71.5 cm³/mol. The van der Waals surface area contributed by atoms with Crippen LogP contribution in [0.5, 0.6) is 0 Å². The Morgan fingerprint density at radius 2 is 2.20 bits per heavy atom. The number of carbonyl (C=O) groups is 1. The van der Waals surface area contributed by atoms with E-state index < -0.39 is 5.97 Å². The number of fused-ring (bicyclic) bond motifs is 1. The van der Waals surface area contributed by atoms with Crippen molar-refractivity contribution in [3.8, 4) is 0 Å². The molecular formula is C13H13N5O2. The van der Waals surface area contributed by atoms with Crippen molar-refractivity contribution in [3.05, 3.63) is 42.0 Å². The van der Waals surface area contributed by atoms with Gasteiger partial charge in [0.2, 0.25) is 0 Å². The van der Waals surface area contributed by atoms with Crippen molar-refractivity contribution in [1.29, 1.82) is 0 Å². The van der Waals surface area contributed by atoms with Gasteiger partial charge < -0.3 is 9.67 Å². The zero-order valence-electron chi connectivity index (χ0n) is 10.9. The van der Waals surface area contributed by atoms with Crippen molar-refractivity contribution < 1.29 is 9.90 Å². The second-order valence-electron chi connectivity index (χ2n) is 4.46. The Labute approximate surface area is 114 Å². The molecule has 0 unspecified atom stereocenters. The number of carboxylic acid groups (broad SMARTS) is 1. The molecule has 0 aliphatic heterocycles. The minimum Gasteiger partial charge on any atom is -0.478 e. The number of aromatic nitrogens is 5. The van der Waals surface area contributed by atoms with Gasteiger partial charge in [-0.1, -0.05) is 11.3 Å². The average Bonchev–Trinajstić information content (AvgIpc) is 3.02. The second-order valence-corrected chi connectivity index (χ2v) is 4.46. The normalized spacial score (nSPS) is 11.1. The molecule has 7 heteroatoms. The number of nitrogens with zero attached hydrogens (tertiary/aromatic N) is 5. The van der Waals surface area contributed by atoms with Crippen LogP contribution >= 0.6 is 0 Å². The lowest BCUT2D eigenvalue weighted by Gasteiger charge is -2.06. The lowest BCUT2D eigenvalue weighted by Crippen LogP contribution is -2.09. The van der Waals surface area contributed by atoms with Crippen LogP contribution in [0.1, 0.15) is 16.2 Å². The zero-order valence-corrected chi connectivity index (χ0v) is 10.9. The van der Waals surface area contributed by atoms with Crippen LogP contribution in [0, 0.1) is 6.92 Å². The summed E-state index contributed by atoms with van der Waals surface area (Å²) in [5, 5.41) is 16.9. The van der Waals surface area contributed by atoms with Crippen LogP contribution in [-0.2, 0) is 13.1 Å². The first-order valence-electron chi connectivity index (χ1n) is 6.20. The van der Waals surface area contributed by atoms with Crippen LogP contribution < -0.4 is 0 Å². The van der Waals surface area contributed by atoms with E-state index in [1.54, 1.807) is 29.2 Å². The fourth-order valence-corrected chi connectivity index (χ4v) is 2.27. The quantitative estimate of drug-likeness (QED) is 0.773. The van der Waals surface area contributed by atoms with Crippen molar-refractivity contribution in [3.63, 3.8) is 0 Å². The Kier molecular flexibility index (Phi) is 2.94. The van der Waals surface area contributed by atoms with Gasteiger partial charge in [0.05, 0.1) is 23.8 Å². The first-order valence-corrected chi connectivity index (χ1v) is 6.20. The van der Waals surface area contributed by atoms with E-state index in [9.17, 15) is 9.90 Å². The third kappa shape index (κ3) is 2.03. The van der Waals surface area contributed by atoms with E-state index in [1.165, 1.54) is 0 Å². The molecular weight excluding hydrogens is 258 g/mol. The number of hydrogen-bond acceptors (Lipinski definition) is 4. The van der Waals surface area contributed by atoms with Crippen molar-refractivity contribution in [1.82, 2.24) is 24.5 Å². The Morgan fingerprint density at radius 1 is 1.35 bits per heavy atom. The molecule has 20 heavy (non-hydrogen) atoms. The summed E-state index contributed by atoms with van der Waals surface area (Å²) in [7, 11) is 0. The number of aryl methyl sites for hydroxylation is 3. The molecule has 0 aliphatic carbocycles. The first-order chi connectivity index (χ1) is 9.66. The van der Waals surface area contributed by atoms with Crippen LogP contribution in [0.4, 0.5) is 0 Å². The van der Waals surface area contributed by atoms with E-state index in [0.717, 1.165) is 11.3 Å². The second kappa shape index (κ2) is 4.76. The summed E-state index contributed by atoms with van der Waals surface area (Å²) in [5.41, 5.74) is 1.57. The zero-order chi connectivity index (χ0) is 14.1. The van der Waals surface area contributed by atoms with Crippen LogP contribution in [0.15, 0.2) is 30.6 Å². The number of rotatable bonds is 4. The summed E-state index contributed by atoms with van der Waals surface area (Å²) >= 11 is 0. The summed E-state index contributed by atoms with van der Waals surface area (Å²) in [4.78, 5) is 15.6. The molecule has 1 N–H and O–H groups in total. The number of imidazole rings is 1. The Balaban J connectivity index is 2.00. The molecule has 0 bridgehead atoms. The van der Waals surface area contributed by atoms with Crippen LogP contribution in [0.3, 0.4) is 0 Å². The highest BCUT2D eigenvalue weighted by molar-refractivity contribution is 6.01. The highest BCUT2D eigenvalue weighted by Crippen LogP contribution is 2.20. The third-order valence-corrected chi connectivity index (χ3v) is 3.22. The fraction of sp³-hybridized carbons (Fsp3) is 0.231. The van der Waals surface area contributed by atoms with E-state index in [4.69, 9.17) is 0 Å². The Bertz CT molecular complexity index is 761. The molecule has 102 valence electrons. The maximum atomic E-state index is 11.2. The smallest absolute Gasteiger partial charge is 0.337 e. The van der Waals surface area contributed by atoms with Crippen molar-refractivity contribution in [2.45, 2.75) is 20.0 Å². The van der Waals surface area contributed by atoms with E-state index in [1.807, 2.05) is 17.6 Å². The number of carboxylic acids is 1. The van der Waals surface area contributed by atoms with E-state index in [0.29, 0.717) is 18.6 Å². The topological polar surface area (TPSA) is 85.8 Å². The first kappa shape index (κ1) is 12.3. The maximum absolute atomic E-state index is 11.2. The van der Waals surface area contributed by atoms with Gasteiger partial charge in [-0.15, -0.1) is 5.10 Å². The minimum atomic E-state index is -0.962. The molecule has 1 aromatic carbocycles.